The molecule has 0 unspecified atom stereocenters. The molecule has 1 heterocycles. The molecule has 0 fully saturated rings. The molecule has 0 saturated carbocycles. The summed E-state index contributed by atoms with van der Waals surface area (Å²) >= 11 is 5.91. The van der Waals surface area contributed by atoms with E-state index in [0.29, 0.717) is 16.8 Å². The Labute approximate surface area is 120 Å². The maximum atomic E-state index is 13.6. The molecule has 1 aromatic carbocycles. The van der Waals surface area contributed by atoms with E-state index < -0.39 is 5.82 Å². The molecule has 0 aliphatic carbocycles. The van der Waals surface area contributed by atoms with Gasteiger partial charge in [-0.15, -0.1) is 0 Å². The first-order valence-electron chi connectivity index (χ1n) is 5.99. The molecule has 3 N–H and O–H groups in total. The van der Waals surface area contributed by atoms with Crippen molar-refractivity contribution in [3.63, 3.8) is 0 Å². The number of benzene rings is 1. The van der Waals surface area contributed by atoms with Crippen LogP contribution in [0.3, 0.4) is 0 Å². The lowest BCUT2D eigenvalue weighted by Crippen LogP contribution is -2.07. The number of aliphatic hydroxyl groups is 1. The molecule has 106 valence electrons. The molecule has 0 spiro atoms. The number of aromatic hydroxyl groups is 1. The molecule has 20 heavy (non-hydrogen) atoms. The zero-order valence-corrected chi connectivity index (χ0v) is 11.6. The molecular formula is C14H14ClFN2O2. The highest BCUT2D eigenvalue weighted by atomic mass is 35.5. The summed E-state index contributed by atoms with van der Waals surface area (Å²) in [7, 11) is 0. The van der Waals surface area contributed by atoms with Crippen LogP contribution in [0.5, 0.6) is 5.75 Å². The van der Waals surface area contributed by atoms with E-state index in [4.69, 9.17) is 11.6 Å². The van der Waals surface area contributed by atoms with Crippen molar-refractivity contribution in [2.45, 2.75) is 20.1 Å². The summed E-state index contributed by atoms with van der Waals surface area (Å²) in [4.78, 5) is 3.96. The van der Waals surface area contributed by atoms with Crippen molar-refractivity contribution in [3.05, 3.63) is 52.1 Å². The Balaban J connectivity index is 2.29. The standard InChI is InChI=1S/C14H14ClFN2O2/c1-8-14(20)10(9(7-19)5-17-8)6-18-13-11(15)3-2-4-12(13)16/h2-5,18-20H,6-7H2,1H3. The lowest BCUT2D eigenvalue weighted by molar-refractivity contribution is 0.279. The molecule has 0 saturated heterocycles. The Morgan fingerprint density at radius 1 is 1.40 bits per heavy atom. The van der Waals surface area contributed by atoms with E-state index in [1.165, 1.54) is 18.3 Å². The normalized spacial score (nSPS) is 10.6. The number of halogens is 2. The van der Waals surface area contributed by atoms with Gasteiger partial charge in [0.2, 0.25) is 0 Å². The summed E-state index contributed by atoms with van der Waals surface area (Å²) < 4.78 is 13.6. The maximum Gasteiger partial charge on any atom is 0.147 e. The molecule has 0 radical (unpaired) electrons. The lowest BCUT2D eigenvalue weighted by Gasteiger charge is -2.14. The molecular weight excluding hydrogens is 283 g/mol. The first kappa shape index (κ1) is 14.6. The van der Waals surface area contributed by atoms with Crippen LogP contribution in [0.1, 0.15) is 16.8 Å². The smallest absolute Gasteiger partial charge is 0.147 e. The average Bonchev–Trinajstić information content (AvgIpc) is 2.42. The molecule has 2 rings (SSSR count). The molecule has 0 aliphatic rings. The van der Waals surface area contributed by atoms with Gasteiger partial charge in [-0.2, -0.15) is 0 Å². The molecule has 0 bridgehead atoms. The molecule has 0 amide bonds. The number of aryl methyl sites for hydroxylation is 1. The fourth-order valence-electron chi connectivity index (χ4n) is 1.86. The highest BCUT2D eigenvalue weighted by Gasteiger charge is 2.13. The van der Waals surface area contributed by atoms with Crippen molar-refractivity contribution in [3.8, 4) is 5.75 Å². The number of hydrogen-bond donors (Lipinski definition) is 3. The molecule has 0 atom stereocenters. The Morgan fingerprint density at radius 2 is 2.15 bits per heavy atom. The van der Waals surface area contributed by atoms with Gasteiger partial charge in [-0.25, -0.2) is 4.39 Å². The molecule has 4 nitrogen and oxygen atoms in total. The number of nitrogens with one attached hydrogen (secondary N) is 1. The summed E-state index contributed by atoms with van der Waals surface area (Å²) in [5.41, 5.74) is 1.55. The number of aliphatic hydroxyl groups excluding tert-OH is 1. The van der Waals surface area contributed by atoms with E-state index >= 15 is 0 Å². The van der Waals surface area contributed by atoms with Gasteiger partial charge in [0.25, 0.3) is 0 Å². The minimum Gasteiger partial charge on any atom is -0.506 e. The second-order valence-corrected chi connectivity index (χ2v) is 4.71. The third kappa shape index (κ3) is 2.84. The first-order valence-corrected chi connectivity index (χ1v) is 6.37. The van der Waals surface area contributed by atoms with Gasteiger partial charge in [-0.1, -0.05) is 17.7 Å². The molecule has 0 aliphatic heterocycles. The molecule has 2 aromatic rings. The van der Waals surface area contributed by atoms with E-state index in [-0.39, 0.29) is 29.6 Å². The SMILES string of the molecule is Cc1ncc(CO)c(CNc2c(F)cccc2Cl)c1O. The van der Waals surface area contributed by atoms with Gasteiger partial charge >= 0.3 is 0 Å². The van der Waals surface area contributed by atoms with E-state index in [1.807, 2.05) is 0 Å². The van der Waals surface area contributed by atoms with Crippen molar-refractivity contribution in [2.75, 3.05) is 5.32 Å². The van der Waals surface area contributed by atoms with Gasteiger partial charge < -0.3 is 15.5 Å². The summed E-state index contributed by atoms with van der Waals surface area (Å²) in [6.07, 6.45) is 1.48. The van der Waals surface area contributed by atoms with E-state index in [9.17, 15) is 14.6 Å². The minimum absolute atomic E-state index is 0.0171. The lowest BCUT2D eigenvalue weighted by atomic mass is 10.1. The second kappa shape index (κ2) is 6.07. The highest BCUT2D eigenvalue weighted by Crippen LogP contribution is 2.28. The number of rotatable bonds is 4. The fourth-order valence-corrected chi connectivity index (χ4v) is 2.09. The number of nitrogens with zero attached hydrogens (tertiary/aromatic N) is 1. The molecule has 6 heteroatoms. The Bertz CT molecular complexity index is 615. The van der Waals surface area contributed by atoms with Crippen molar-refractivity contribution < 1.29 is 14.6 Å². The minimum atomic E-state index is -0.478. The number of para-hydroxylation sites is 1. The van der Waals surface area contributed by atoms with Crippen molar-refractivity contribution in [1.82, 2.24) is 4.98 Å². The fraction of sp³-hybridized carbons (Fsp3) is 0.214. The van der Waals surface area contributed by atoms with Crippen LogP contribution in [0.4, 0.5) is 10.1 Å². The van der Waals surface area contributed by atoms with Gasteiger partial charge in [0.15, 0.2) is 0 Å². The highest BCUT2D eigenvalue weighted by molar-refractivity contribution is 6.33. The third-order valence-corrected chi connectivity index (χ3v) is 3.32. The van der Waals surface area contributed by atoms with Crippen LogP contribution in [0.25, 0.3) is 0 Å². The number of aromatic nitrogens is 1. The van der Waals surface area contributed by atoms with Crippen LogP contribution in [0.2, 0.25) is 5.02 Å². The van der Waals surface area contributed by atoms with Crippen LogP contribution in [0, 0.1) is 12.7 Å². The first-order chi connectivity index (χ1) is 9.54. The Morgan fingerprint density at radius 3 is 2.80 bits per heavy atom. The second-order valence-electron chi connectivity index (χ2n) is 4.30. The predicted octanol–water partition coefficient (Wildman–Crippen LogP) is 2.99. The number of pyridine rings is 1. The zero-order chi connectivity index (χ0) is 14.7. The monoisotopic (exact) mass is 296 g/mol. The van der Waals surface area contributed by atoms with Gasteiger partial charge in [0, 0.05) is 23.9 Å². The van der Waals surface area contributed by atoms with Gasteiger partial charge in [-0.05, 0) is 19.1 Å². The summed E-state index contributed by atoms with van der Waals surface area (Å²) in [6, 6.07) is 4.37. The van der Waals surface area contributed by atoms with E-state index in [0.717, 1.165) is 0 Å². The zero-order valence-electron chi connectivity index (χ0n) is 10.8. The van der Waals surface area contributed by atoms with Crippen molar-refractivity contribution in [1.29, 1.82) is 0 Å². The summed E-state index contributed by atoms with van der Waals surface area (Å²) in [6.45, 7) is 1.52. The number of hydrogen-bond acceptors (Lipinski definition) is 4. The van der Waals surface area contributed by atoms with Gasteiger partial charge in [0.05, 0.1) is 23.0 Å². The van der Waals surface area contributed by atoms with Gasteiger partial charge in [-0.3, -0.25) is 4.98 Å². The quantitative estimate of drug-likeness (QED) is 0.811. The van der Waals surface area contributed by atoms with E-state index in [1.54, 1.807) is 13.0 Å². The maximum absolute atomic E-state index is 13.6. The van der Waals surface area contributed by atoms with E-state index in [2.05, 4.69) is 10.3 Å². The Hall–Kier alpha value is -1.85. The third-order valence-electron chi connectivity index (χ3n) is 3.01. The van der Waals surface area contributed by atoms with Crippen LogP contribution in [-0.2, 0) is 13.2 Å². The topological polar surface area (TPSA) is 65.4 Å². The summed E-state index contributed by atoms with van der Waals surface area (Å²) in [5, 5.41) is 22.3. The summed E-state index contributed by atoms with van der Waals surface area (Å²) in [5.74, 6) is -0.496. The Kier molecular flexibility index (Phi) is 4.42. The largest absolute Gasteiger partial charge is 0.506 e. The average molecular weight is 297 g/mol. The predicted molar refractivity (Wildman–Crippen MR) is 75.3 cm³/mol. The van der Waals surface area contributed by atoms with Crippen molar-refractivity contribution in [2.24, 2.45) is 0 Å². The number of anilines is 1. The van der Waals surface area contributed by atoms with Crippen LogP contribution in [-0.4, -0.2) is 15.2 Å². The van der Waals surface area contributed by atoms with Crippen molar-refractivity contribution >= 4 is 17.3 Å². The van der Waals surface area contributed by atoms with Gasteiger partial charge in [0.1, 0.15) is 11.6 Å². The van der Waals surface area contributed by atoms with Crippen LogP contribution in [0.15, 0.2) is 24.4 Å². The van der Waals surface area contributed by atoms with Crippen LogP contribution >= 0.6 is 11.6 Å². The van der Waals surface area contributed by atoms with Crippen LogP contribution < -0.4 is 5.32 Å². The molecule has 1 aromatic heterocycles.